The summed E-state index contributed by atoms with van der Waals surface area (Å²) >= 11 is 0. The van der Waals surface area contributed by atoms with Crippen LogP contribution in [0.3, 0.4) is 0 Å². The second-order valence-electron chi connectivity index (χ2n) is 5.04. The molecule has 0 amide bonds. The number of aldehydes is 1. The normalized spacial score (nSPS) is 10.5. The molecule has 0 saturated carbocycles. The van der Waals surface area contributed by atoms with Gasteiger partial charge in [-0.05, 0) is 43.2 Å². The smallest absolute Gasteiger partial charge is 0.119 e. The minimum Gasteiger partial charge on any atom is -0.303 e. The number of rotatable bonds is 10. The second-order valence-corrected chi connectivity index (χ2v) is 5.04. The third kappa shape index (κ3) is 6.58. The van der Waals surface area contributed by atoms with Gasteiger partial charge in [-0.25, -0.2) is 0 Å². The Balaban J connectivity index is 2.16. The molecule has 0 aromatic heterocycles. The van der Waals surface area contributed by atoms with Crippen LogP contribution >= 0.6 is 0 Å². The molecule has 1 aromatic carbocycles. The number of unbranched alkanes of at least 4 members (excludes halogenated alkanes) is 5. The van der Waals surface area contributed by atoms with Gasteiger partial charge in [-0.15, -0.1) is 0 Å². The Morgan fingerprint density at radius 2 is 1.39 bits per heavy atom. The molecule has 0 aliphatic heterocycles. The third-order valence-electron chi connectivity index (χ3n) is 3.38. The third-order valence-corrected chi connectivity index (χ3v) is 3.38. The molecule has 0 bridgehead atoms. The SMILES string of the molecule is CCCCc1ccc(CCCCCCC=O)cc1. The van der Waals surface area contributed by atoms with Crippen LogP contribution in [0.5, 0.6) is 0 Å². The molecule has 0 aliphatic carbocycles. The highest BCUT2D eigenvalue weighted by molar-refractivity contribution is 5.48. The predicted octanol–water partition coefficient (Wildman–Crippen LogP) is 4.72. The van der Waals surface area contributed by atoms with Gasteiger partial charge in [0.2, 0.25) is 0 Å². The van der Waals surface area contributed by atoms with Crippen LogP contribution in [-0.4, -0.2) is 6.29 Å². The first-order chi connectivity index (χ1) is 8.86. The number of hydrogen-bond acceptors (Lipinski definition) is 1. The maximum Gasteiger partial charge on any atom is 0.119 e. The highest BCUT2D eigenvalue weighted by Crippen LogP contribution is 2.11. The fourth-order valence-corrected chi connectivity index (χ4v) is 2.16. The topological polar surface area (TPSA) is 17.1 Å². The lowest BCUT2D eigenvalue weighted by Crippen LogP contribution is -1.89. The molecule has 0 aliphatic rings. The zero-order valence-electron chi connectivity index (χ0n) is 11.7. The minimum absolute atomic E-state index is 0.728. The lowest BCUT2D eigenvalue weighted by atomic mass is 10.0. The van der Waals surface area contributed by atoms with Gasteiger partial charge in [0.1, 0.15) is 6.29 Å². The second kappa shape index (κ2) is 9.87. The van der Waals surface area contributed by atoms with Crippen molar-refractivity contribution in [1.29, 1.82) is 0 Å². The van der Waals surface area contributed by atoms with Crippen LogP contribution in [0.25, 0.3) is 0 Å². The van der Waals surface area contributed by atoms with E-state index in [0.717, 1.165) is 19.1 Å². The average Bonchev–Trinajstić information content (AvgIpc) is 2.42. The summed E-state index contributed by atoms with van der Waals surface area (Å²) in [5.41, 5.74) is 2.91. The van der Waals surface area contributed by atoms with E-state index in [0.29, 0.717) is 0 Å². The van der Waals surface area contributed by atoms with E-state index in [9.17, 15) is 4.79 Å². The van der Waals surface area contributed by atoms with Gasteiger partial charge in [-0.1, -0.05) is 50.5 Å². The lowest BCUT2D eigenvalue weighted by molar-refractivity contribution is -0.107. The van der Waals surface area contributed by atoms with Crippen molar-refractivity contribution in [2.24, 2.45) is 0 Å². The van der Waals surface area contributed by atoms with Crippen molar-refractivity contribution >= 4 is 6.29 Å². The summed E-state index contributed by atoms with van der Waals surface area (Å²) in [6.07, 6.45) is 11.4. The highest BCUT2D eigenvalue weighted by atomic mass is 16.1. The number of carbonyl (C=O) groups is 1. The van der Waals surface area contributed by atoms with Gasteiger partial charge in [0, 0.05) is 6.42 Å². The molecular weight excluding hydrogens is 220 g/mol. The van der Waals surface area contributed by atoms with E-state index in [4.69, 9.17) is 0 Å². The minimum atomic E-state index is 0.728. The van der Waals surface area contributed by atoms with E-state index in [1.807, 2.05) is 0 Å². The molecule has 0 atom stereocenters. The fourth-order valence-electron chi connectivity index (χ4n) is 2.16. The molecular formula is C17H26O. The molecule has 0 fully saturated rings. The van der Waals surface area contributed by atoms with Crippen molar-refractivity contribution in [2.45, 2.75) is 64.7 Å². The van der Waals surface area contributed by atoms with Gasteiger partial charge in [0.05, 0.1) is 0 Å². The molecule has 0 unspecified atom stereocenters. The summed E-state index contributed by atoms with van der Waals surface area (Å²) in [6, 6.07) is 9.10. The monoisotopic (exact) mass is 246 g/mol. The number of benzene rings is 1. The average molecular weight is 246 g/mol. The van der Waals surface area contributed by atoms with Crippen LogP contribution in [0.1, 0.15) is 63.0 Å². The molecule has 0 heterocycles. The van der Waals surface area contributed by atoms with Crippen LogP contribution in [-0.2, 0) is 17.6 Å². The molecule has 1 heteroatoms. The fraction of sp³-hybridized carbons (Fsp3) is 0.588. The van der Waals surface area contributed by atoms with Gasteiger partial charge in [0.25, 0.3) is 0 Å². The van der Waals surface area contributed by atoms with Gasteiger partial charge in [0.15, 0.2) is 0 Å². The maximum atomic E-state index is 10.2. The highest BCUT2D eigenvalue weighted by Gasteiger charge is 1.96. The molecule has 100 valence electrons. The molecule has 0 N–H and O–H groups in total. The summed E-state index contributed by atoms with van der Waals surface area (Å²) in [5, 5.41) is 0. The van der Waals surface area contributed by atoms with Crippen LogP contribution in [0.15, 0.2) is 24.3 Å². The Bertz CT molecular complexity index is 313. The van der Waals surface area contributed by atoms with E-state index < -0.39 is 0 Å². The summed E-state index contributed by atoms with van der Waals surface area (Å²) in [6.45, 7) is 2.24. The first-order valence-corrected chi connectivity index (χ1v) is 7.38. The standard InChI is InChI=1S/C17H26O/c1-2-3-9-16-11-13-17(14-12-16)10-7-5-4-6-8-15-18/h11-15H,2-10H2,1H3. The largest absolute Gasteiger partial charge is 0.303 e. The maximum absolute atomic E-state index is 10.2. The van der Waals surface area contributed by atoms with Gasteiger partial charge >= 0.3 is 0 Å². The zero-order valence-corrected chi connectivity index (χ0v) is 11.7. The Morgan fingerprint density at radius 1 is 0.833 bits per heavy atom. The van der Waals surface area contributed by atoms with Crippen LogP contribution in [0.4, 0.5) is 0 Å². The van der Waals surface area contributed by atoms with E-state index in [1.54, 1.807) is 0 Å². The summed E-state index contributed by atoms with van der Waals surface area (Å²) in [4.78, 5) is 10.2. The molecule has 0 radical (unpaired) electrons. The van der Waals surface area contributed by atoms with E-state index in [2.05, 4.69) is 31.2 Å². The summed E-state index contributed by atoms with van der Waals surface area (Å²) in [5.74, 6) is 0. The van der Waals surface area contributed by atoms with Gasteiger partial charge in [-0.2, -0.15) is 0 Å². The number of aryl methyl sites for hydroxylation is 2. The molecule has 1 aromatic rings. The molecule has 18 heavy (non-hydrogen) atoms. The van der Waals surface area contributed by atoms with Crippen LogP contribution in [0, 0.1) is 0 Å². The van der Waals surface area contributed by atoms with E-state index in [1.165, 1.54) is 56.1 Å². The van der Waals surface area contributed by atoms with Crippen molar-refractivity contribution in [3.63, 3.8) is 0 Å². The van der Waals surface area contributed by atoms with E-state index >= 15 is 0 Å². The van der Waals surface area contributed by atoms with E-state index in [-0.39, 0.29) is 0 Å². The quantitative estimate of drug-likeness (QED) is 0.431. The van der Waals surface area contributed by atoms with Crippen molar-refractivity contribution < 1.29 is 4.79 Å². The first kappa shape index (κ1) is 14.9. The lowest BCUT2D eigenvalue weighted by Gasteiger charge is -2.04. The van der Waals surface area contributed by atoms with Gasteiger partial charge < -0.3 is 4.79 Å². The number of hydrogen-bond donors (Lipinski definition) is 0. The van der Waals surface area contributed by atoms with Crippen LogP contribution in [0.2, 0.25) is 0 Å². The van der Waals surface area contributed by atoms with Crippen molar-refractivity contribution in [1.82, 2.24) is 0 Å². The Labute approximate surface area is 112 Å². The summed E-state index contributed by atoms with van der Waals surface area (Å²) in [7, 11) is 0. The van der Waals surface area contributed by atoms with Crippen LogP contribution < -0.4 is 0 Å². The van der Waals surface area contributed by atoms with Crippen molar-refractivity contribution in [3.05, 3.63) is 35.4 Å². The Kier molecular flexibility index (Phi) is 8.20. The molecule has 0 spiro atoms. The first-order valence-electron chi connectivity index (χ1n) is 7.38. The number of carbonyl (C=O) groups excluding carboxylic acids is 1. The Morgan fingerprint density at radius 3 is 1.94 bits per heavy atom. The molecule has 1 nitrogen and oxygen atoms in total. The van der Waals surface area contributed by atoms with Crippen molar-refractivity contribution in [3.8, 4) is 0 Å². The molecule has 0 saturated heterocycles. The summed E-state index contributed by atoms with van der Waals surface area (Å²) < 4.78 is 0. The molecule has 1 rings (SSSR count). The Hall–Kier alpha value is -1.11. The zero-order chi connectivity index (χ0) is 13.1. The van der Waals surface area contributed by atoms with Gasteiger partial charge in [-0.3, -0.25) is 0 Å². The van der Waals surface area contributed by atoms with Crippen molar-refractivity contribution in [2.75, 3.05) is 0 Å². The predicted molar refractivity (Wildman–Crippen MR) is 77.9 cm³/mol.